The quantitative estimate of drug-likeness (QED) is 0.758. The lowest BCUT2D eigenvalue weighted by Crippen LogP contribution is -2.28. The van der Waals surface area contributed by atoms with Crippen LogP contribution in [0.1, 0.15) is 44.1 Å². The van der Waals surface area contributed by atoms with Crippen molar-refractivity contribution in [2.24, 2.45) is 5.73 Å². The fourth-order valence-electron chi connectivity index (χ4n) is 2.46. The highest BCUT2D eigenvalue weighted by Crippen LogP contribution is 2.40. The molecule has 2 heteroatoms. The molecule has 1 aliphatic carbocycles. The summed E-state index contributed by atoms with van der Waals surface area (Å²) in [5.74, 6) is 0.735. The number of hydrogen-bond donors (Lipinski definition) is 2. The molecule has 0 saturated heterocycles. The Labute approximate surface area is 105 Å². The van der Waals surface area contributed by atoms with Gasteiger partial charge in [0.05, 0.1) is 0 Å². The van der Waals surface area contributed by atoms with Gasteiger partial charge in [0, 0.05) is 18.0 Å². The van der Waals surface area contributed by atoms with Gasteiger partial charge in [-0.15, -0.1) is 0 Å². The van der Waals surface area contributed by atoms with Crippen molar-refractivity contribution in [3.63, 3.8) is 0 Å². The maximum atomic E-state index is 6.00. The second-order valence-electron chi connectivity index (χ2n) is 5.15. The molecule has 1 saturated carbocycles. The van der Waals surface area contributed by atoms with E-state index in [1.807, 2.05) is 0 Å². The molecule has 0 heterocycles. The van der Waals surface area contributed by atoms with Gasteiger partial charge in [0.1, 0.15) is 0 Å². The second-order valence-corrected chi connectivity index (χ2v) is 5.15. The summed E-state index contributed by atoms with van der Waals surface area (Å²) in [5, 5.41) is 3.61. The normalized spacial score (nSPS) is 24.6. The van der Waals surface area contributed by atoms with Crippen molar-refractivity contribution in [3.05, 3.63) is 35.9 Å². The molecule has 1 aliphatic rings. The minimum atomic E-state index is 0.376. The average Bonchev–Trinajstić information content (AvgIpc) is 3.10. The molecule has 1 aromatic carbocycles. The van der Waals surface area contributed by atoms with Gasteiger partial charge >= 0.3 is 0 Å². The molecule has 94 valence electrons. The summed E-state index contributed by atoms with van der Waals surface area (Å²) in [4.78, 5) is 0. The van der Waals surface area contributed by atoms with E-state index in [2.05, 4.69) is 42.6 Å². The third-order valence-electron chi connectivity index (χ3n) is 3.60. The highest BCUT2D eigenvalue weighted by molar-refractivity contribution is 5.27. The van der Waals surface area contributed by atoms with Gasteiger partial charge in [-0.1, -0.05) is 43.7 Å². The van der Waals surface area contributed by atoms with Crippen LogP contribution in [-0.4, -0.2) is 18.6 Å². The summed E-state index contributed by atoms with van der Waals surface area (Å²) in [6.07, 6.45) is 4.73. The van der Waals surface area contributed by atoms with Gasteiger partial charge in [0.25, 0.3) is 0 Å². The monoisotopic (exact) mass is 232 g/mol. The van der Waals surface area contributed by atoms with Gasteiger partial charge in [-0.3, -0.25) is 0 Å². The van der Waals surface area contributed by atoms with Crippen molar-refractivity contribution < 1.29 is 0 Å². The molecule has 1 fully saturated rings. The maximum absolute atomic E-state index is 6.00. The molecule has 0 bridgehead atoms. The Balaban J connectivity index is 1.64. The summed E-state index contributed by atoms with van der Waals surface area (Å²) in [6, 6.07) is 11.9. The van der Waals surface area contributed by atoms with Crippen LogP contribution < -0.4 is 11.1 Å². The van der Waals surface area contributed by atoms with Crippen LogP contribution in [0.4, 0.5) is 0 Å². The Morgan fingerprint density at radius 2 is 2.06 bits per heavy atom. The Hall–Kier alpha value is -0.860. The topological polar surface area (TPSA) is 38.0 Å². The average molecular weight is 232 g/mol. The van der Waals surface area contributed by atoms with Crippen LogP contribution >= 0.6 is 0 Å². The zero-order valence-electron chi connectivity index (χ0n) is 10.7. The van der Waals surface area contributed by atoms with Crippen molar-refractivity contribution in [2.75, 3.05) is 6.54 Å². The first-order chi connectivity index (χ1) is 8.31. The van der Waals surface area contributed by atoms with Gasteiger partial charge in [0.2, 0.25) is 0 Å². The number of rotatable bonds is 7. The molecule has 3 N–H and O–H groups in total. The van der Waals surface area contributed by atoms with Crippen molar-refractivity contribution >= 4 is 0 Å². The molecule has 3 atom stereocenters. The fourth-order valence-corrected chi connectivity index (χ4v) is 2.46. The predicted molar refractivity (Wildman–Crippen MR) is 73.1 cm³/mol. The van der Waals surface area contributed by atoms with Crippen LogP contribution in [0.25, 0.3) is 0 Å². The fraction of sp³-hybridized carbons (Fsp3) is 0.600. The predicted octanol–water partition coefficient (Wildman–Crippen LogP) is 2.65. The first-order valence-corrected chi connectivity index (χ1v) is 6.85. The van der Waals surface area contributed by atoms with E-state index in [-0.39, 0.29) is 0 Å². The van der Waals surface area contributed by atoms with Crippen LogP contribution in [-0.2, 0) is 0 Å². The number of nitrogens with two attached hydrogens (primary N) is 1. The van der Waals surface area contributed by atoms with E-state index in [1.54, 1.807) is 0 Å². The van der Waals surface area contributed by atoms with Crippen LogP contribution in [0.2, 0.25) is 0 Å². The largest absolute Gasteiger partial charge is 0.328 e. The van der Waals surface area contributed by atoms with E-state index < -0.39 is 0 Å². The molecule has 2 rings (SSSR count). The molecule has 3 unspecified atom stereocenters. The zero-order chi connectivity index (χ0) is 12.1. The molecule has 1 aromatic rings. The highest BCUT2D eigenvalue weighted by atomic mass is 15.0. The van der Waals surface area contributed by atoms with Crippen LogP contribution in [0.5, 0.6) is 0 Å². The second kappa shape index (κ2) is 6.18. The van der Waals surface area contributed by atoms with E-state index >= 15 is 0 Å². The molecule has 0 aromatic heterocycles. The lowest BCUT2D eigenvalue weighted by Gasteiger charge is -2.10. The molecule has 0 spiro atoms. The molecular weight excluding hydrogens is 208 g/mol. The summed E-state index contributed by atoms with van der Waals surface area (Å²) < 4.78 is 0. The van der Waals surface area contributed by atoms with Crippen molar-refractivity contribution in [1.29, 1.82) is 0 Å². The van der Waals surface area contributed by atoms with Crippen molar-refractivity contribution in [1.82, 2.24) is 5.32 Å². The third kappa shape index (κ3) is 3.83. The standard InChI is InChI=1S/C15H24N2/c1-2-6-13(16)9-10-17-15-11-14(15)12-7-4-3-5-8-12/h3-5,7-8,13-15,17H,2,6,9-11,16H2,1H3. The number of benzene rings is 1. The van der Waals surface area contributed by atoms with E-state index in [1.165, 1.54) is 18.4 Å². The summed E-state index contributed by atoms with van der Waals surface area (Å²) >= 11 is 0. The Bertz CT molecular complexity index is 323. The SMILES string of the molecule is CCCC(N)CCNC1CC1c1ccccc1. The molecular formula is C15H24N2. The molecule has 0 radical (unpaired) electrons. The first-order valence-electron chi connectivity index (χ1n) is 6.85. The molecule has 2 nitrogen and oxygen atoms in total. The molecule has 17 heavy (non-hydrogen) atoms. The van der Waals surface area contributed by atoms with E-state index in [0.29, 0.717) is 12.1 Å². The highest BCUT2D eigenvalue weighted by Gasteiger charge is 2.37. The van der Waals surface area contributed by atoms with Crippen LogP contribution in [0.15, 0.2) is 30.3 Å². The summed E-state index contributed by atoms with van der Waals surface area (Å²) in [7, 11) is 0. The van der Waals surface area contributed by atoms with Crippen LogP contribution in [0.3, 0.4) is 0 Å². The lowest BCUT2D eigenvalue weighted by molar-refractivity contribution is 0.523. The van der Waals surface area contributed by atoms with E-state index in [0.717, 1.165) is 25.3 Å². The van der Waals surface area contributed by atoms with Gasteiger partial charge in [-0.05, 0) is 31.4 Å². The third-order valence-corrected chi connectivity index (χ3v) is 3.60. The number of hydrogen-bond acceptors (Lipinski definition) is 2. The zero-order valence-corrected chi connectivity index (χ0v) is 10.7. The van der Waals surface area contributed by atoms with Gasteiger partial charge in [0.15, 0.2) is 0 Å². The Morgan fingerprint density at radius 3 is 2.76 bits per heavy atom. The minimum Gasteiger partial charge on any atom is -0.328 e. The summed E-state index contributed by atoms with van der Waals surface area (Å²) in [5.41, 5.74) is 7.47. The van der Waals surface area contributed by atoms with Crippen molar-refractivity contribution in [2.45, 2.75) is 50.6 Å². The minimum absolute atomic E-state index is 0.376. The summed E-state index contributed by atoms with van der Waals surface area (Å²) in [6.45, 7) is 3.26. The maximum Gasteiger partial charge on any atom is 0.0143 e. The van der Waals surface area contributed by atoms with E-state index in [4.69, 9.17) is 5.73 Å². The van der Waals surface area contributed by atoms with E-state index in [9.17, 15) is 0 Å². The van der Waals surface area contributed by atoms with Gasteiger partial charge < -0.3 is 11.1 Å². The van der Waals surface area contributed by atoms with Gasteiger partial charge in [-0.25, -0.2) is 0 Å². The van der Waals surface area contributed by atoms with Crippen molar-refractivity contribution in [3.8, 4) is 0 Å². The lowest BCUT2D eigenvalue weighted by atomic mass is 10.1. The first kappa shape index (κ1) is 12.6. The Kier molecular flexibility index (Phi) is 4.57. The molecule has 0 amide bonds. The molecule has 0 aliphatic heterocycles. The van der Waals surface area contributed by atoms with Crippen LogP contribution in [0, 0.1) is 0 Å². The number of nitrogens with one attached hydrogen (secondary N) is 1. The smallest absolute Gasteiger partial charge is 0.0143 e. The van der Waals surface area contributed by atoms with Gasteiger partial charge in [-0.2, -0.15) is 0 Å². The Morgan fingerprint density at radius 1 is 1.29 bits per heavy atom.